The summed E-state index contributed by atoms with van der Waals surface area (Å²) in [5.41, 5.74) is 0.662. The second-order valence-electron chi connectivity index (χ2n) is 3.97. The summed E-state index contributed by atoms with van der Waals surface area (Å²) in [4.78, 5) is 11.4. The molecule has 0 unspecified atom stereocenters. The van der Waals surface area contributed by atoms with Gasteiger partial charge in [0, 0.05) is 5.56 Å². The van der Waals surface area contributed by atoms with Crippen molar-refractivity contribution < 1.29 is 18.3 Å². The molecular formula is C14H15F2NO2. The number of esters is 1. The molecule has 1 aromatic carbocycles. The summed E-state index contributed by atoms with van der Waals surface area (Å²) < 4.78 is 30.6. The van der Waals surface area contributed by atoms with Gasteiger partial charge in [-0.2, -0.15) is 5.26 Å². The molecule has 5 heteroatoms. The van der Waals surface area contributed by atoms with Crippen LogP contribution in [0.5, 0.6) is 0 Å². The Morgan fingerprint density at radius 3 is 2.58 bits per heavy atom. The van der Waals surface area contributed by atoms with Crippen LogP contribution in [0.1, 0.15) is 42.5 Å². The fourth-order valence-corrected chi connectivity index (χ4v) is 1.86. The number of rotatable bonds is 5. The predicted molar refractivity (Wildman–Crippen MR) is 65.8 cm³/mol. The maximum atomic E-state index is 12.9. The monoisotopic (exact) mass is 267 g/mol. The molecule has 0 amide bonds. The van der Waals surface area contributed by atoms with Crippen molar-refractivity contribution in [2.45, 2.75) is 33.1 Å². The number of nitrogens with zero attached hydrogens (tertiary/aromatic N) is 1. The van der Waals surface area contributed by atoms with E-state index in [0.29, 0.717) is 17.5 Å². The molecule has 0 N–H and O–H groups in total. The van der Waals surface area contributed by atoms with Crippen LogP contribution in [0, 0.1) is 11.3 Å². The van der Waals surface area contributed by atoms with E-state index in [4.69, 9.17) is 10.00 Å². The summed E-state index contributed by atoms with van der Waals surface area (Å²) >= 11 is 0. The van der Waals surface area contributed by atoms with Crippen LogP contribution in [-0.2, 0) is 22.4 Å². The maximum absolute atomic E-state index is 12.9. The van der Waals surface area contributed by atoms with Crippen molar-refractivity contribution in [3.63, 3.8) is 0 Å². The molecule has 0 heterocycles. The van der Waals surface area contributed by atoms with Gasteiger partial charge >= 0.3 is 5.97 Å². The van der Waals surface area contributed by atoms with Gasteiger partial charge < -0.3 is 4.74 Å². The van der Waals surface area contributed by atoms with E-state index in [1.165, 1.54) is 6.07 Å². The predicted octanol–water partition coefficient (Wildman–Crippen LogP) is 3.16. The molecule has 0 aliphatic carbocycles. The van der Waals surface area contributed by atoms with Crippen LogP contribution in [0.25, 0.3) is 0 Å². The minimum Gasteiger partial charge on any atom is -0.466 e. The first-order valence-corrected chi connectivity index (χ1v) is 6.03. The Labute approximate surface area is 110 Å². The number of ether oxygens (including phenoxy) is 1. The Kier molecular flexibility index (Phi) is 5.43. The van der Waals surface area contributed by atoms with Crippen molar-refractivity contribution in [1.82, 2.24) is 0 Å². The van der Waals surface area contributed by atoms with E-state index >= 15 is 0 Å². The SMILES string of the molecule is CCOC(=O)Cc1cc(CC)c(C#N)c(C(F)F)c1. The third-order valence-corrected chi connectivity index (χ3v) is 2.69. The zero-order valence-electron chi connectivity index (χ0n) is 10.9. The highest BCUT2D eigenvalue weighted by Gasteiger charge is 2.18. The lowest BCUT2D eigenvalue weighted by atomic mass is 9.95. The van der Waals surface area contributed by atoms with E-state index in [-0.39, 0.29) is 24.2 Å². The summed E-state index contributed by atoms with van der Waals surface area (Å²) in [6, 6.07) is 4.63. The number of alkyl halides is 2. The molecule has 1 rings (SSSR count). The van der Waals surface area contributed by atoms with Crippen LogP contribution in [0.15, 0.2) is 12.1 Å². The van der Waals surface area contributed by atoms with Gasteiger partial charge in [0.15, 0.2) is 0 Å². The Morgan fingerprint density at radius 2 is 2.11 bits per heavy atom. The lowest BCUT2D eigenvalue weighted by Crippen LogP contribution is -2.09. The second kappa shape index (κ2) is 6.83. The van der Waals surface area contributed by atoms with Crippen molar-refractivity contribution in [3.05, 3.63) is 34.4 Å². The van der Waals surface area contributed by atoms with Gasteiger partial charge in [-0.15, -0.1) is 0 Å². The van der Waals surface area contributed by atoms with Gasteiger partial charge in [-0.1, -0.05) is 13.0 Å². The van der Waals surface area contributed by atoms with Crippen molar-refractivity contribution in [1.29, 1.82) is 5.26 Å². The average molecular weight is 267 g/mol. The molecule has 0 aromatic heterocycles. The normalized spacial score (nSPS) is 10.3. The van der Waals surface area contributed by atoms with Gasteiger partial charge in [0.1, 0.15) is 0 Å². The van der Waals surface area contributed by atoms with Crippen molar-refractivity contribution in [3.8, 4) is 6.07 Å². The molecule has 0 saturated heterocycles. The van der Waals surface area contributed by atoms with E-state index in [2.05, 4.69) is 0 Å². The number of nitriles is 1. The fourth-order valence-electron chi connectivity index (χ4n) is 1.86. The van der Waals surface area contributed by atoms with Crippen LogP contribution >= 0.6 is 0 Å². The zero-order valence-corrected chi connectivity index (χ0v) is 10.9. The van der Waals surface area contributed by atoms with Gasteiger partial charge in [0.25, 0.3) is 6.43 Å². The van der Waals surface area contributed by atoms with E-state index in [9.17, 15) is 13.6 Å². The summed E-state index contributed by atoms with van der Waals surface area (Å²) in [5, 5.41) is 8.96. The van der Waals surface area contributed by atoms with Crippen LogP contribution in [0.3, 0.4) is 0 Å². The summed E-state index contributed by atoms with van der Waals surface area (Å²) in [5.74, 6) is -0.463. The molecule has 0 aliphatic heterocycles. The van der Waals surface area contributed by atoms with E-state index in [1.807, 2.05) is 0 Å². The first-order chi connectivity index (χ1) is 9.03. The van der Waals surface area contributed by atoms with Crippen LogP contribution < -0.4 is 0 Å². The second-order valence-corrected chi connectivity index (χ2v) is 3.97. The molecule has 3 nitrogen and oxygen atoms in total. The van der Waals surface area contributed by atoms with Crippen LogP contribution in [0.4, 0.5) is 8.78 Å². The highest BCUT2D eigenvalue weighted by atomic mass is 19.3. The Bertz CT molecular complexity index is 507. The first kappa shape index (κ1) is 15.1. The molecular weight excluding hydrogens is 252 g/mol. The lowest BCUT2D eigenvalue weighted by molar-refractivity contribution is -0.142. The summed E-state index contributed by atoms with van der Waals surface area (Å²) in [6.07, 6.45) is -2.34. The fraction of sp³-hybridized carbons (Fsp3) is 0.429. The van der Waals surface area contributed by atoms with Crippen LogP contribution in [0.2, 0.25) is 0 Å². The molecule has 19 heavy (non-hydrogen) atoms. The van der Waals surface area contributed by atoms with Gasteiger partial charge in [0.05, 0.1) is 24.7 Å². The molecule has 0 fully saturated rings. The van der Waals surface area contributed by atoms with Crippen molar-refractivity contribution >= 4 is 5.97 Å². The number of aryl methyl sites for hydroxylation is 1. The quantitative estimate of drug-likeness (QED) is 0.770. The summed E-state index contributed by atoms with van der Waals surface area (Å²) in [7, 11) is 0. The smallest absolute Gasteiger partial charge is 0.310 e. The number of benzene rings is 1. The minimum absolute atomic E-state index is 0.00473. The molecule has 1 aromatic rings. The third-order valence-electron chi connectivity index (χ3n) is 2.69. The molecule has 0 saturated carbocycles. The molecule has 0 bridgehead atoms. The standard InChI is InChI=1S/C14H15F2NO2/c1-3-10-5-9(7-13(18)19-4-2)6-11(14(15)16)12(10)8-17/h5-6,14H,3-4,7H2,1-2H3. The zero-order chi connectivity index (χ0) is 14.4. The van der Waals surface area contributed by atoms with Gasteiger partial charge in [-0.05, 0) is 30.5 Å². The van der Waals surface area contributed by atoms with Crippen molar-refractivity contribution in [2.75, 3.05) is 6.61 Å². The van der Waals surface area contributed by atoms with Gasteiger partial charge in [-0.3, -0.25) is 4.79 Å². The topological polar surface area (TPSA) is 50.1 Å². The van der Waals surface area contributed by atoms with Gasteiger partial charge in [-0.25, -0.2) is 8.78 Å². The van der Waals surface area contributed by atoms with E-state index in [0.717, 1.165) is 0 Å². The molecule has 102 valence electrons. The number of hydrogen-bond donors (Lipinski definition) is 0. The average Bonchev–Trinajstić information content (AvgIpc) is 2.37. The van der Waals surface area contributed by atoms with Gasteiger partial charge in [0.2, 0.25) is 0 Å². The lowest BCUT2D eigenvalue weighted by Gasteiger charge is -2.11. The minimum atomic E-state index is -2.73. The Balaban J connectivity index is 3.18. The maximum Gasteiger partial charge on any atom is 0.310 e. The van der Waals surface area contributed by atoms with E-state index in [1.54, 1.807) is 26.0 Å². The molecule has 0 atom stereocenters. The number of hydrogen-bond acceptors (Lipinski definition) is 3. The van der Waals surface area contributed by atoms with E-state index < -0.39 is 12.4 Å². The third kappa shape index (κ3) is 3.75. The van der Waals surface area contributed by atoms with Crippen LogP contribution in [-0.4, -0.2) is 12.6 Å². The first-order valence-electron chi connectivity index (χ1n) is 6.03. The number of halogens is 2. The summed E-state index contributed by atoms with van der Waals surface area (Å²) in [6.45, 7) is 3.70. The Hall–Kier alpha value is -1.96. The number of carbonyl (C=O) groups excluding carboxylic acids is 1. The highest BCUT2D eigenvalue weighted by molar-refractivity contribution is 5.73. The van der Waals surface area contributed by atoms with Crippen molar-refractivity contribution in [2.24, 2.45) is 0 Å². The largest absolute Gasteiger partial charge is 0.466 e. The molecule has 0 radical (unpaired) electrons. The number of carbonyl (C=O) groups is 1. The molecule has 0 aliphatic rings. The molecule has 0 spiro atoms. The Morgan fingerprint density at radius 1 is 1.42 bits per heavy atom. The highest BCUT2D eigenvalue weighted by Crippen LogP contribution is 2.27.